The molecule has 0 aliphatic carbocycles. The number of rotatable bonds is 9. The molecule has 0 saturated carbocycles. The Morgan fingerprint density at radius 3 is 1.85 bits per heavy atom. The number of nitrogens with one attached hydrogen (secondary N) is 1. The van der Waals surface area contributed by atoms with E-state index in [4.69, 9.17) is 15.3 Å². The molecule has 13 heavy (non-hydrogen) atoms. The first-order valence-corrected chi connectivity index (χ1v) is 4.96. The van der Waals surface area contributed by atoms with E-state index in [9.17, 15) is 0 Å². The summed E-state index contributed by atoms with van der Waals surface area (Å²) in [5.41, 5.74) is 2.67. The number of nitrogens with two attached hydrogens (primary N) is 1. The highest BCUT2D eigenvalue weighted by Gasteiger charge is 2.05. The molecule has 0 saturated heterocycles. The lowest BCUT2D eigenvalue weighted by Crippen LogP contribution is -2.42. The van der Waals surface area contributed by atoms with Gasteiger partial charge < -0.3 is 9.47 Å². The molecule has 0 aromatic rings. The first-order chi connectivity index (χ1) is 6.35. The summed E-state index contributed by atoms with van der Waals surface area (Å²) in [5.74, 6) is 5.33. The van der Waals surface area contributed by atoms with Crippen LogP contribution in [0.3, 0.4) is 0 Å². The first-order valence-electron chi connectivity index (χ1n) is 4.96. The van der Waals surface area contributed by atoms with Crippen LogP contribution in [-0.2, 0) is 9.47 Å². The second-order valence-electron chi connectivity index (χ2n) is 3.01. The van der Waals surface area contributed by atoms with Gasteiger partial charge in [0.15, 0.2) is 0 Å². The second kappa shape index (κ2) is 9.92. The van der Waals surface area contributed by atoms with Crippen molar-refractivity contribution in [1.82, 2.24) is 5.43 Å². The van der Waals surface area contributed by atoms with Gasteiger partial charge in [-0.15, -0.1) is 0 Å². The fraction of sp³-hybridized carbons (Fsp3) is 1.00. The molecule has 3 N–H and O–H groups in total. The lowest BCUT2D eigenvalue weighted by atomic mass is 10.3. The van der Waals surface area contributed by atoms with Gasteiger partial charge >= 0.3 is 0 Å². The van der Waals surface area contributed by atoms with Gasteiger partial charge in [0.25, 0.3) is 0 Å². The molecule has 0 aliphatic rings. The van der Waals surface area contributed by atoms with Crippen molar-refractivity contribution in [3.05, 3.63) is 0 Å². The van der Waals surface area contributed by atoms with Crippen molar-refractivity contribution >= 4 is 0 Å². The zero-order chi connectivity index (χ0) is 9.94. The second-order valence-corrected chi connectivity index (χ2v) is 3.01. The van der Waals surface area contributed by atoms with Crippen molar-refractivity contribution in [1.29, 1.82) is 0 Å². The van der Waals surface area contributed by atoms with Crippen molar-refractivity contribution in [3.63, 3.8) is 0 Å². The minimum Gasteiger partial charge on any atom is -0.380 e. The monoisotopic (exact) mass is 190 g/mol. The minimum absolute atomic E-state index is 0.109. The maximum absolute atomic E-state index is 5.34. The van der Waals surface area contributed by atoms with Crippen LogP contribution >= 0.6 is 0 Å². The van der Waals surface area contributed by atoms with Gasteiger partial charge in [-0.3, -0.25) is 11.3 Å². The minimum atomic E-state index is 0.109. The molecule has 4 nitrogen and oxygen atoms in total. The van der Waals surface area contributed by atoms with Crippen molar-refractivity contribution < 1.29 is 9.47 Å². The molecular formula is C9H22N2O2. The molecule has 0 aliphatic heterocycles. The molecule has 0 fully saturated rings. The van der Waals surface area contributed by atoms with Crippen molar-refractivity contribution in [2.75, 3.05) is 26.4 Å². The number of hydrazine groups is 1. The van der Waals surface area contributed by atoms with E-state index >= 15 is 0 Å². The Balaban J connectivity index is 3.28. The molecule has 4 heteroatoms. The molecule has 0 aromatic heterocycles. The van der Waals surface area contributed by atoms with Crippen LogP contribution < -0.4 is 11.3 Å². The fourth-order valence-electron chi connectivity index (χ4n) is 0.884. The summed E-state index contributed by atoms with van der Waals surface area (Å²) in [4.78, 5) is 0. The van der Waals surface area contributed by atoms with E-state index in [1.807, 2.05) is 0 Å². The van der Waals surface area contributed by atoms with Gasteiger partial charge in [-0.05, 0) is 12.8 Å². The molecule has 0 bridgehead atoms. The molecule has 0 unspecified atom stereocenters. The van der Waals surface area contributed by atoms with Gasteiger partial charge in [-0.25, -0.2) is 0 Å². The van der Waals surface area contributed by atoms with Gasteiger partial charge in [0.1, 0.15) is 0 Å². The molecule has 80 valence electrons. The van der Waals surface area contributed by atoms with Gasteiger partial charge in [0, 0.05) is 13.2 Å². The summed E-state index contributed by atoms with van der Waals surface area (Å²) in [5, 5.41) is 0. The highest BCUT2D eigenvalue weighted by Crippen LogP contribution is 1.89. The number of hydrogen-bond acceptors (Lipinski definition) is 4. The molecule has 0 heterocycles. The van der Waals surface area contributed by atoms with Crippen LogP contribution in [-0.4, -0.2) is 32.5 Å². The van der Waals surface area contributed by atoms with E-state index in [-0.39, 0.29) is 6.04 Å². The third kappa shape index (κ3) is 8.18. The van der Waals surface area contributed by atoms with Crippen molar-refractivity contribution in [3.8, 4) is 0 Å². The maximum atomic E-state index is 5.34. The smallest absolute Gasteiger partial charge is 0.0678 e. The van der Waals surface area contributed by atoms with Gasteiger partial charge in [-0.2, -0.15) is 0 Å². The predicted molar refractivity (Wildman–Crippen MR) is 53.3 cm³/mol. The van der Waals surface area contributed by atoms with E-state index in [2.05, 4.69) is 19.3 Å². The molecule has 0 amide bonds. The van der Waals surface area contributed by atoms with Crippen molar-refractivity contribution in [2.45, 2.75) is 32.7 Å². The third-order valence-electron chi connectivity index (χ3n) is 1.57. The summed E-state index contributed by atoms with van der Waals surface area (Å²) in [6, 6.07) is 0.109. The van der Waals surface area contributed by atoms with Gasteiger partial charge in [-0.1, -0.05) is 13.8 Å². The summed E-state index contributed by atoms with van der Waals surface area (Å²) in [7, 11) is 0. The molecular weight excluding hydrogens is 168 g/mol. The molecule has 0 radical (unpaired) electrons. The lowest BCUT2D eigenvalue weighted by Gasteiger charge is -2.15. The van der Waals surface area contributed by atoms with Gasteiger partial charge in [0.05, 0.1) is 19.3 Å². The molecule has 0 rings (SSSR count). The summed E-state index contributed by atoms with van der Waals surface area (Å²) >= 11 is 0. The van der Waals surface area contributed by atoms with Crippen LogP contribution in [0.4, 0.5) is 0 Å². The van der Waals surface area contributed by atoms with Crippen LogP contribution in [0.25, 0.3) is 0 Å². The summed E-state index contributed by atoms with van der Waals surface area (Å²) < 4.78 is 10.7. The Bertz CT molecular complexity index is 91.6. The Morgan fingerprint density at radius 2 is 1.54 bits per heavy atom. The van der Waals surface area contributed by atoms with Crippen LogP contribution in [0.2, 0.25) is 0 Å². The Hall–Kier alpha value is -0.160. The normalized spacial score (nSPS) is 11.1. The van der Waals surface area contributed by atoms with Crippen LogP contribution in [0.1, 0.15) is 26.7 Å². The SMILES string of the molecule is CCCOCC(COCCC)NN. The molecule has 0 atom stereocenters. The summed E-state index contributed by atoms with van der Waals surface area (Å²) in [6.45, 7) is 6.97. The lowest BCUT2D eigenvalue weighted by molar-refractivity contribution is 0.0561. The highest BCUT2D eigenvalue weighted by atomic mass is 16.5. The fourth-order valence-corrected chi connectivity index (χ4v) is 0.884. The van der Waals surface area contributed by atoms with Crippen LogP contribution in [0.15, 0.2) is 0 Å². The number of hydrogen-bond donors (Lipinski definition) is 2. The van der Waals surface area contributed by atoms with Crippen molar-refractivity contribution in [2.24, 2.45) is 5.84 Å². The van der Waals surface area contributed by atoms with Crippen LogP contribution in [0, 0.1) is 0 Å². The van der Waals surface area contributed by atoms with E-state index in [0.717, 1.165) is 26.1 Å². The van der Waals surface area contributed by atoms with E-state index in [1.54, 1.807) is 0 Å². The average Bonchev–Trinajstić information content (AvgIpc) is 2.16. The molecule has 0 aromatic carbocycles. The quantitative estimate of drug-likeness (QED) is 0.319. The number of ether oxygens (including phenoxy) is 2. The van der Waals surface area contributed by atoms with E-state index in [0.29, 0.717) is 13.2 Å². The highest BCUT2D eigenvalue weighted by molar-refractivity contribution is 4.60. The standard InChI is InChI=1S/C9H22N2O2/c1-3-5-12-7-9(11-10)8-13-6-4-2/h9,11H,3-8,10H2,1-2H3. The third-order valence-corrected chi connectivity index (χ3v) is 1.57. The van der Waals surface area contributed by atoms with Gasteiger partial charge in [0.2, 0.25) is 0 Å². The average molecular weight is 190 g/mol. The zero-order valence-corrected chi connectivity index (χ0v) is 8.71. The van der Waals surface area contributed by atoms with Crippen LogP contribution in [0.5, 0.6) is 0 Å². The topological polar surface area (TPSA) is 56.5 Å². The van der Waals surface area contributed by atoms with E-state index < -0.39 is 0 Å². The molecule has 0 spiro atoms. The predicted octanol–water partition coefficient (Wildman–Crippen LogP) is 0.672. The zero-order valence-electron chi connectivity index (χ0n) is 8.71. The summed E-state index contributed by atoms with van der Waals surface area (Å²) in [6.07, 6.45) is 2.07. The Kier molecular flexibility index (Phi) is 9.80. The Morgan fingerprint density at radius 1 is 1.08 bits per heavy atom. The Labute approximate surface area is 80.7 Å². The first kappa shape index (κ1) is 12.8. The largest absolute Gasteiger partial charge is 0.380 e. The van der Waals surface area contributed by atoms with E-state index in [1.165, 1.54) is 0 Å². The maximum Gasteiger partial charge on any atom is 0.0678 e.